The molecule has 0 heterocycles. The summed E-state index contributed by atoms with van der Waals surface area (Å²) < 4.78 is 0. The second-order valence-electron chi connectivity index (χ2n) is 3.40. The van der Waals surface area contributed by atoms with Gasteiger partial charge in [-0.1, -0.05) is 13.3 Å². The Hall–Kier alpha value is -0.770. The fraction of sp³-hybridized carbons (Fsp3) is 0.800. The molecule has 88 valence electrons. The van der Waals surface area contributed by atoms with Crippen LogP contribution in [0.1, 0.15) is 26.2 Å². The van der Waals surface area contributed by atoms with Crippen molar-refractivity contribution in [2.45, 2.75) is 26.2 Å². The number of nitrogens with one attached hydrogen (secondary N) is 1. The first kappa shape index (κ1) is 14.2. The molecule has 0 aromatic heterocycles. The highest BCUT2D eigenvalue weighted by Gasteiger charge is 2.07. The number of nitrogens with zero attached hydrogens (tertiary/aromatic N) is 1. The molecule has 0 aliphatic carbocycles. The average molecular weight is 235 g/mol. The number of amides is 2. The van der Waals surface area contributed by atoms with Gasteiger partial charge in [0.1, 0.15) is 5.88 Å². The maximum Gasteiger partial charge on any atom is 0.234 e. The van der Waals surface area contributed by atoms with Crippen LogP contribution in [0.3, 0.4) is 0 Å². The molecule has 0 aliphatic rings. The Morgan fingerprint density at radius 1 is 1.40 bits per heavy atom. The molecule has 5 heteroatoms. The second-order valence-corrected chi connectivity index (χ2v) is 3.67. The van der Waals surface area contributed by atoms with Gasteiger partial charge in [0.15, 0.2) is 0 Å². The molecule has 0 atom stereocenters. The summed E-state index contributed by atoms with van der Waals surface area (Å²) in [4.78, 5) is 23.9. The lowest BCUT2D eigenvalue weighted by Gasteiger charge is -2.16. The Bertz CT molecular complexity index is 210. The first-order valence-corrected chi connectivity index (χ1v) is 5.71. The largest absolute Gasteiger partial charge is 0.355 e. The number of hydrogen-bond donors (Lipinski definition) is 1. The van der Waals surface area contributed by atoms with Crippen molar-refractivity contribution >= 4 is 23.4 Å². The van der Waals surface area contributed by atoms with Crippen molar-refractivity contribution in [3.05, 3.63) is 0 Å². The van der Waals surface area contributed by atoms with Gasteiger partial charge in [0.05, 0.1) is 0 Å². The summed E-state index contributed by atoms with van der Waals surface area (Å²) in [5, 5.41) is 2.56. The molecular formula is C10H19ClN2O2. The summed E-state index contributed by atoms with van der Waals surface area (Å²) in [7, 11) is 1.78. The minimum Gasteiger partial charge on any atom is -0.355 e. The summed E-state index contributed by atoms with van der Waals surface area (Å²) in [6.07, 6.45) is 2.42. The van der Waals surface area contributed by atoms with Gasteiger partial charge in [0.2, 0.25) is 11.8 Å². The van der Waals surface area contributed by atoms with E-state index in [1.165, 1.54) is 0 Å². The molecule has 0 unspecified atom stereocenters. The van der Waals surface area contributed by atoms with Crippen LogP contribution in [0.25, 0.3) is 0 Å². The fourth-order valence-electron chi connectivity index (χ4n) is 1.07. The molecule has 0 bridgehead atoms. The summed E-state index contributed by atoms with van der Waals surface area (Å²) in [6, 6.07) is 0. The van der Waals surface area contributed by atoms with Crippen LogP contribution in [0.4, 0.5) is 0 Å². The number of carbonyl (C=O) groups excluding carboxylic acids is 2. The second kappa shape index (κ2) is 8.53. The zero-order chi connectivity index (χ0) is 11.7. The Kier molecular flexibility index (Phi) is 8.09. The summed E-state index contributed by atoms with van der Waals surface area (Å²) >= 11 is 5.29. The summed E-state index contributed by atoms with van der Waals surface area (Å²) in [5.74, 6) is -0.237. The van der Waals surface area contributed by atoms with E-state index in [2.05, 4.69) is 12.2 Å². The van der Waals surface area contributed by atoms with E-state index < -0.39 is 0 Å². The van der Waals surface area contributed by atoms with E-state index in [-0.39, 0.29) is 17.7 Å². The molecule has 0 fully saturated rings. The van der Waals surface area contributed by atoms with Gasteiger partial charge in [-0.25, -0.2) is 0 Å². The lowest BCUT2D eigenvalue weighted by molar-refractivity contribution is -0.129. The number of halogens is 1. The number of carbonyl (C=O) groups is 2. The van der Waals surface area contributed by atoms with Crippen molar-refractivity contribution in [2.75, 3.05) is 26.0 Å². The maximum atomic E-state index is 11.5. The van der Waals surface area contributed by atoms with Gasteiger partial charge in [0.25, 0.3) is 0 Å². The molecule has 15 heavy (non-hydrogen) atoms. The minimum atomic E-state index is -0.235. The van der Waals surface area contributed by atoms with Gasteiger partial charge in [-0.05, 0) is 6.42 Å². The third-order valence-electron chi connectivity index (χ3n) is 2.06. The predicted molar refractivity (Wildman–Crippen MR) is 60.9 cm³/mol. The normalized spacial score (nSPS) is 9.80. The first-order chi connectivity index (χ1) is 7.11. The molecule has 4 nitrogen and oxygen atoms in total. The highest BCUT2D eigenvalue weighted by Crippen LogP contribution is 1.94. The Morgan fingerprint density at radius 3 is 2.60 bits per heavy atom. The van der Waals surface area contributed by atoms with Crippen molar-refractivity contribution in [3.8, 4) is 0 Å². The highest BCUT2D eigenvalue weighted by molar-refractivity contribution is 6.27. The van der Waals surface area contributed by atoms with Crippen molar-refractivity contribution in [1.82, 2.24) is 10.2 Å². The zero-order valence-electron chi connectivity index (χ0n) is 9.38. The van der Waals surface area contributed by atoms with Gasteiger partial charge < -0.3 is 10.2 Å². The molecule has 0 aromatic carbocycles. The van der Waals surface area contributed by atoms with Crippen LogP contribution in [-0.4, -0.2) is 42.7 Å². The van der Waals surface area contributed by atoms with Crippen LogP contribution in [0.2, 0.25) is 0 Å². The van der Waals surface area contributed by atoms with Crippen molar-refractivity contribution in [1.29, 1.82) is 0 Å². The van der Waals surface area contributed by atoms with Crippen molar-refractivity contribution in [2.24, 2.45) is 0 Å². The van der Waals surface area contributed by atoms with Gasteiger partial charge in [0, 0.05) is 26.6 Å². The Balaban J connectivity index is 3.59. The van der Waals surface area contributed by atoms with E-state index in [4.69, 9.17) is 11.6 Å². The van der Waals surface area contributed by atoms with Crippen LogP contribution in [0.15, 0.2) is 0 Å². The lowest BCUT2D eigenvalue weighted by Crippen LogP contribution is -2.33. The van der Waals surface area contributed by atoms with Crippen LogP contribution < -0.4 is 5.32 Å². The van der Waals surface area contributed by atoms with Gasteiger partial charge in [-0.2, -0.15) is 0 Å². The van der Waals surface area contributed by atoms with Gasteiger partial charge in [-0.3, -0.25) is 9.59 Å². The standard InChI is InChI=1S/C10H19ClN2O2/c1-3-4-7-13(2)10(15)5-6-12-9(14)8-11/h3-8H2,1-2H3,(H,12,14). The van der Waals surface area contributed by atoms with Crippen LogP contribution in [0.5, 0.6) is 0 Å². The quantitative estimate of drug-likeness (QED) is 0.668. The molecular weight excluding hydrogens is 216 g/mol. The predicted octanol–water partition coefficient (Wildman–Crippen LogP) is 0.990. The zero-order valence-corrected chi connectivity index (χ0v) is 10.1. The van der Waals surface area contributed by atoms with Crippen molar-refractivity contribution in [3.63, 3.8) is 0 Å². The molecule has 0 aromatic rings. The maximum absolute atomic E-state index is 11.5. The van der Waals surface area contributed by atoms with Crippen molar-refractivity contribution < 1.29 is 9.59 Å². The van der Waals surface area contributed by atoms with E-state index in [1.54, 1.807) is 11.9 Å². The van der Waals surface area contributed by atoms with E-state index in [0.717, 1.165) is 19.4 Å². The molecule has 0 spiro atoms. The molecule has 0 saturated carbocycles. The number of unbranched alkanes of at least 4 members (excludes halogenated alkanes) is 1. The highest BCUT2D eigenvalue weighted by atomic mass is 35.5. The minimum absolute atomic E-state index is 0.0540. The molecule has 0 saturated heterocycles. The Morgan fingerprint density at radius 2 is 2.07 bits per heavy atom. The lowest BCUT2D eigenvalue weighted by atomic mass is 10.3. The SMILES string of the molecule is CCCCN(C)C(=O)CCNC(=O)CCl. The third kappa shape index (κ3) is 7.19. The summed E-state index contributed by atoms with van der Waals surface area (Å²) in [5.41, 5.74) is 0. The fourth-order valence-corrected chi connectivity index (χ4v) is 1.16. The van der Waals surface area contributed by atoms with Crippen LogP contribution in [0, 0.1) is 0 Å². The molecule has 2 amide bonds. The first-order valence-electron chi connectivity index (χ1n) is 5.18. The van der Waals surface area contributed by atoms with E-state index >= 15 is 0 Å². The number of alkyl halides is 1. The molecule has 0 radical (unpaired) electrons. The smallest absolute Gasteiger partial charge is 0.234 e. The monoisotopic (exact) mass is 234 g/mol. The van der Waals surface area contributed by atoms with E-state index in [0.29, 0.717) is 13.0 Å². The van der Waals surface area contributed by atoms with Crippen LogP contribution >= 0.6 is 11.6 Å². The topological polar surface area (TPSA) is 49.4 Å². The van der Waals surface area contributed by atoms with Gasteiger partial charge in [-0.15, -0.1) is 11.6 Å². The van der Waals surface area contributed by atoms with Crippen LogP contribution in [-0.2, 0) is 9.59 Å². The summed E-state index contributed by atoms with van der Waals surface area (Å²) in [6.45, 7) is 3.22. The number of hydrogen-bond acceptors (Lipinski definition) is 2. The Labute approximate surface area is 96.0 Å². The molecule has 0 aliphatic heterocycles. The third-order valence-corrected chi connectivity index (χ3v) is 2.30. The van der Waals surface area contributed by atoms with E-state index in [1.807, 2.05) is 0 Å². The van der Waals surface area contributed by atoms with Gasteiger partial charge >= 0.3 is 0 Å². The average Bonchev–Trinajstić information content (AvgIpc) is 2.25. The van der Waals surface area contributed by atoms with E-state index in [9.17, 15) is 9.59 Å². The molecule has 1 N–H and O–H groups in total. The molecule has 0 rings (SSSR count). The number of rotatable bonds is 7.